The van der Waals surface area contributed by atoms with E-state index in [9.17, 15) is 4.39 Å². The Kier molecular flexibility index (Phi) is 6.61. The smallest absolute Gasteiger partial charge is 0.165 e. The highest BCUT2D eigenvalue weighted by atomic mass is 19.1. The van der Waals surface area contributed by atoms with E-state index in [2.05, 4.69) is 17.1 Å². The Bertz CT molecular complexity index is 470. The summed E-state index contributed by atoms with van der Waals surface area (Å²) in [5, 5.41) is 3.62. The number of nitrogens with one attached hydrogen (secondary N) is 1. The summed E-state index contributed by atoms with van der Waals surface area (Å²) in [6.07, 6.45) is 2.34. The van der Waals surface area contributed by atoms with E-state index < -0.39 is 0 Å². The van der Waals surface area contributed by atoms with Crippen LogP contribution in [-0.4, -0.2) is 51.4 Å². The second-order valence-corrected chi connectivity index (χ2v) is 5.91. The molecule has 0 radical (unpaired) electrons. The van der Waals surface area contributed by atoms with Gasteiger partial charge in [-0.1, -0.05) is 6.07 Å². The van der Waals surface area contributed by atoms with Crippen LogP contribution < -0.4 is 10.1 Å². The van der Waals surface area contributed by atoms with E-state index in [1.165, 1.54) is 13.5 Å². The lowest BCUT2D eigenvalue weighted by molar-refractivity contribution is 0.120. The monoisotopic (exact) mass is 310 g/mol. The first-order valence-electron chi connectivity index (χ1n) is 7.94. The number of methoxy groups -OCH3 is 2. The minimum absolute atomic E-state index is 0.118. The molecule has 1 aromatic carbocycles. The van der Waals surface area contributed by atoms with Crippen molar-refractivity contribution in [2.75, 3.05) is 40.5 Å². The maximum absolute atomic E-state index is 13.8. The molecule has 5 heteroatoms. The Hall–Kier alpha value is -1.17. The molecule has 1 fully saturated rings. The molecule has 1 saturated heterocycles. The fourth-order valence-corrected chi connectivity index (χ4v) is 3.02. The first-order chi connectivity index (χ1) is 10.6. The topological polar surface area (TPSA) is 33.7 Å². The Morgan fingerprint density at radius 1 is 1.41 bits per heavy atom. The number of piperidine rings is 1. The maximum Gasteiger partial charge on any atom is 0.165 e. The van der Waals surface area contributed by atoms with Crippen LogP contribution in [0.25, 0.3) is 0 Å². The molecule has 0 saturated carbocycles. The number of rotatable bonds is 7. The summed E-state index contributed by atoms with van der Waals surface area (Å²) in [7, 11) is 3.22. The van der Waals surface area contributed by atoms with Crippen LogP contribution in [0.15, 0.2) is 18.2 Å². The molecule has 4 nitrogen and oxygen atoms in total. The number of benzene rings is 1. The maximum atomic E-state index is 13.8. The number of ether oxygens (including phenoxy) is 2. The molecule has 0 spiro atoms. The van der Waals surface area contributed by atoms with Gasteiger partial charge in [0, 0.05) is 32.3 Å². The summed E-state index contributed by atoms with van der Waals surface area (Å²) in [5.74, 6) is -0.0154. The molecule has 22 heavy (non-hydrogen) atoms. The van der Waals surface area contributed by atoms with Gasteiger partial charge in [0.05, 0.1) is 13.7 Å². The third kappa shape index (κ3) is 4.66. The van der Waals surface area contributed by atoms with Crippen LogP contribution in [-0.2, 0) is 4.74 Å². The van der Waals surface area contributed by atoms with Crippen molar-refractivity contribution in [2.24, 2.45) is 0 Å². The van der Waals surface area contributed by atoms with E-state index in [4.69, 9.17) is 9.47 Å². The van der Waals surface area contributed by atoms with Gasteiger partial charge in [0.2, 0.25) is 0 Å². The summed E-state index contributed by atoms with van der Waals surface area (Å²) in [5.41, 5.74) is 0.951. The number of halogens is 1. The number of nitrogens with zero attached hydrogens (tertiary/aromatic N) is 1. The van der Waals surface area contributed by atoms with Gasteiger partial charge in [-0.15, -0.1) is 0 Å². The van der Waals surface area contributed by atoms with Gasteiger partial charge in [-0.25, -0.2) is 4.39 Å². The number of hydrogen-bond donors (Lipinski definition) is 1. The zero-order valence-electron chi connectivity index (χ0n) is 13.8. The largest absolute Gasteiger partial charge is 0.494 e. The normalized spacial score (nSPS) is 20.8. The molecule has 1 aliphatic rings. The minimum atomic E-state index is -0.306. The van der Waals surface area contributed by atoms with Gasteiger partial charge in [-0.3, -0.25) is 4.90 Å². The zero-order valence-corrected chi connectivity index (χ0v) is 13.8. The minimum Gasteiger partial charge on any atom is -0.494 e. The predicted octanol–water partition coefficient (Wildman–Crippen LogP) is 2.60. The molecule has 0 amide bonds. The zero-order chi connectivity index (χ0) is 15.9. The first-order valence-corrected chi connectivity index (χ1v) is 7.94. The SMILES string of the molecule is COCCN1CCCC(NC(C)c2ccc(OC)c(F)c2)C1. The molecule has 2 rings (SSSR count). The average molecular weight is 310 g/mol. The quantitative estimate of drug-likeness (QED) is 0.839. The molecule has 2 atom stereocenters. The molecule has 1 aromatic rings. The van der Waals surface area contributed by atoms with Crippen LogP contribution in [0.1, 0.15) is 31.4 Å². The van der Waals surface area contributed by atoms with Crippen LogP contribution in [0, 0.1) is 5.82 Å². The van der Waals surface area contributed by atoms with Crippen LogP contribution in [0.5, 0.6) is 5.75 Å². The van der Waals surface area contributed by atoms with Crippen LogP contribution >= 0.6 is 0 Å². The Morgan fingerprint density at radius 2 is 2.23 bits per heavy atom. The van der Waals surface area contributed by atoms with Crippen LogP contribution in [0.4, 0.5) is 4.39 Å². The standard InChI is InChI=1S/C17H27FN2O2/c1-13(14-6-7-17(22-3)16(18)11-14)19-15-5-4-8-20(12-15)9-10-21-2/h6-7,11,13,15,19H,4-5,8-10,12H2,1-3H3. The van der Waals surface area contributed by atoms with E-state index in [0.29, 0.717) is 11.8 Å². The van der Waals surface area contributed by atoms with Gasteiger partial charge in [0.25, 0.3) is 0 Å². The molecule has 0 aromatic heterocycles. The van der Waals surface area contributed by atoms with Gasteiger partial charge < -0.3 is 14.8 Å². The van der Waals surface area contributed by atoms with Crippen molar-refractivity contribution in [2.45, 2.75) is 31.8 Å². The lowest BCUT2D eigenvalue weighted by Crippen LogP contribution is -2.47. The lowest BCUT2D eigenvalue weighted by Gasteiger charge is -2.34. The molecule has 124 valence electrons. The lowest BCUT2D eigenvalue weighted by atomic mass is 10.0. The highest BCUT2D eigenvalue weighted by Gasteiger charge is 2.21. The second kappa shape index (κ2) is 8.46. The van der Waals surface area contributed by atoms with Gasteiger partial charge in [0.15, 0.2) is 11.6 Å². The summed E-state index contributed by atoms with van der Waals surface area (Å²) in [6, 6.07) is 5.72. The summed E-state index contributed by atoms with van der Waals surface area (Å²) in [4.78, 5) is 2.42. The average Bonchev–Trinajstić information content (AvgIpc) is 2.53. The van der Waals surface area contributed by atoms with Crippen molar-refractivity contribution >= 4 is 0 Å². The second-order valence-electron chi connectivity index (χ2n) is 5.91. The fraction of sp³-hybridized carbons (Fsp3) is 0.647. The predicted molar refractivity (Wildman–Crippen MR) is 85.8 cm³/mol. The molecule has 1 aliphatic heterocycles. The summed E-state index contributed by atoms with van der Waals surface area (Å²) < 4.78 is 23.9. The molecular weight excluding hydrogens is 283 g/mol. The van der Waals surface area contributed by atoms with Gasteiger partial charge in [-0.2, -0.15) is 0 Å². The first kappa shape index (κ1) is 17.2. The van der Waals surface area contributed by atoms with Gasteiger partial charge in [0.1, 0.15) is 0 Å². The Balaban J connectivity index is 1.90. The Morgan fingerprint density at radius 3 is 2.91 bits per heavy atom. The molecule has 2 unspecified atom stereocenters. The van der Waals surface area contributed by atoms with Gasteiger partial charge in [-0.05, 0) is 44.0 Å². The van der Waals surface area contributed by atoms with Crippen molar-refractivity contribution in [3.63, 3.8) is 0 Å². The van der Waals surface area contributed by atoms with Crippen molar-refractivity contribution < 1.29 is 13.9 Å². The molecule has 0 aliphatic carbocycles. The number of hydrogen-bond acceptors (Lipinski definition) is 4. The fourth-order valence-electron chi connectivity index (χ4n) is 3.02. The van der Waals surface area contributed by atoms with E-state index in [-0.39, 0.29) is 11.9 Å². The summed E-state index contributed by atoms with van der Waals surface area (Å²) in [6.45, 7) is 5.97. The van der Waals surface area contributed by atoms with E-state index in [0.717, 1.165) is 38.2 Å². The highest BCUT2D eigenvalue weighted by Crippen LogP contribution is 2.23. The van der Waals surface area contributed by atoms with Crippen molar-refractivity contribution in [3.05, 3.63) is 29.6 Å². The summed E-state index contributed by atoms with van der Waals surface area (Å²) >= 11 is 0. The van der Waals surface area contributed by atoms with Crippen LogP contribution in [0.2, 0.25) is 0 Å². The van der Waals surface area contributed by atoms with E-state index in [1.54, 1.807) is 19.2 Å². The van der Waals surface area contributed by atoms with E-state index in [1.807, 2.05) is 6.07 Å². The van der Waals surface area contributed by atoms with Crippen LogP contribution in [0.3, 0.4) is 0 Å². The third-order valence-electron chi connectivity index (χ3n) is 4.28. The van der Waals surface area contributed by atoms with Crippen molar-refractivity contribution in [3.8, 4) is 5.75 Å². The highest BCUT2D eigenvalue weighted by molar-refractivity contribution is 5.30. The molecule has 0 bridgehead atoms. The third-order valence-corrected chi connectivity index (χ3v) is 4.28. The van der Waals surface area contributed by atoms with Crippen molar-refractivity contribution in [1.82, 2.24) is 10.2 Å². The molecule has 1 N–H and O–H groups in total. The Labute approximate surface area is 132 Å². The van der Waals surface area contributed by atoms with Gasteiger partial charge >= 0.3 is 0 Å². The molecule has 1 heterocycles. The molecular formula is C17H27FN2O2. The van der Waals surface area contributed by atoms with Crippen molar-refractivity contribution in [1.29, 1.82) is 0 Å². The van der Waals surface area contributed by atoms with E-state index >= 15 is 0 Å². The number of likely N-dealkylation sites (tertiary alicyclic amines) is 1.